The summed E-state index contributed by atoms with van der Waals surface area (Å²) < 4.78 is 24.1. The van der Waals surface area contributed by atoms with Crippen molar-refractivity contribution < 1.29 is 18.7 Å². The molecular formula is C29H25FN6O3. The van der Waals surface area contributed by atoms with Gasteiger partial charge in [0.25, 0.3) is 0 Å². The van der Waals surface area contributed by atoms with Crippen LogP contribution in [-0.2, 0) is 11.3 Å². The van der Waals surface area contributed by atoms with E-state index in [4.69, 9.17) is 19.4 Å². The molecule has 10 heteroatoms. The van der Waals surface area contributed by atoms with Crippen LogP contribution in [0.25, 0.3) is 11.0 Å². The smallest absolute Gasteiger partial charge is 0.243 e. The Kier molecular flexibility index (Phi) is 6.55. The number of halogens is 1. The van der Waals surface area contributed by atoms with Crippen molar-refractivity contribution in [3.63, 3.8) is 0 Å². The van der Waals surface area contributed by atoms with Crippen molar-refractivity contribution in [2.45, 2.75) is 12.5 Å². The summed E-state index contributed by atoms with van der Waals surface area (Å²) in [5, 5.41) is 13.0. The van der Waals surface area contributed by atoms with Crippen molar-refractivity contribution in [3.8, 4) is 17.6 Å². The fourth-order valence-corrected chi connectivity index (χ4v) is 4.85. The molecule has 0 aliphatic carbocycles. The summed E-state index contributed by atoms with van der Waals surface area (Å²) in [6.45, 7) is 2.95. The molecule has 39 heavy (non-hydrogen) atoms. The molecule has 1 atom stereocenters. The van der Waals surface area contributed by atoms with Crippen molar-refractivity contribution in [1.82, 2.24) is 15.3 Å². The normalized spacial score (nSPS) is 15.2. The van der Waals surface area contributed by atoms with Crippen LogP contribution < -0.4 is 24.6 Å². The van der Waals surface area contributed by atoms with Crippen LogP contribution in [0.2, 0.25) is 0 Å². The maximum atomic E-state index is 13.4. The molecule has 1 aromatic heterocycles. The quantitative estimate of drug-likeness (QED) is 0.407. The van der Waals surface area contributed by atoms with Crippen LogP contribution in [0, 0.1) is 17.1 Å². The molecule has 0 unspecified atom stereocenters. The van der Waals surface area contributed by atoms with E-state index in [0.29, 0.717) is 60.2 Å². The molecule has 1 saturated heterocycles. The van der Waals surface area contributed by atoms with E-state index in [0.717, 1.165) is 11.3 Å². The summed E-state index contributed by atoms with van der Waals surface area (Å²) in [7, 11) is 0. The zero-order chi connectivity index (χ0) is 26.8. The van der Waals surface area contributed by atoms with Crippen molar-refractivity contribution in [3.05, 3.63) is 83.8 Å². The number of anilines is 2. The van der Waals surface area contributed by atoms with Gasteiger partial charge < -0.3 is 24.6 Å². The standard InChI is InChI=1S/C29H25FN6O3/c30-20-6-8-21(9-7-20)35-11-13-36(14-12-35)28-27(33-23-3-1-2-4-24(23)34-28)22(16-31)29(37)32-17-19-5-10-25-26(15-19)39-18-38-25/h1-10,15,22H,11-14,17-18H2,(H,32,37)/t22-/m1/s1. The number of carbonyl (C=O) groups is 1. The number of para-hydroxylation sites is 2. The van der Waals surface area contributed by atoms with E-state index in [1.165, 1.54) is 12.1 Å². The van der Waals surface area contributed by atoms with Gasteiger partial charge in [0.1, 0.15) is 11.5 Å². The van der Waals surface area contributed by atoms with Gasteiger partial charge in [0.05, 0.1) is 17.1 Å². The van der Waals surface area contributed by atoms with Crippen molar-refractivity contribution in [2.75, 3.05) is 42.8 Å². The van der Waals surface area contributed by atoms with Gasteiger partial charge in [-0.2, -0.15) is 5.26 Å². The molecule has 196 valence electrons. The predicted octanol–water partition coefficient (Wildman–Crippen LogP) is 3.75. The summed E-state index contributed by atoms with van der Waals surface area (Å²) in [6, 6.07) is 21.5. The van der Waals surface area contributed by atoms with Crippen LogP contribution in [0.15, 0.2) is 66.7 Å². The Balaban J connectivity index is 1.24. The van der Waals surface area contributed by atoms with Gasteiger partial charge in [0.15, 0.2) is 23.2 Å². The largest absolute Gasteiger partial charge is 0.454 e. The van der Waals surface area contributed by atoms with Crippen LogP contribution >= 0.6 is 0 Å². The van der Waals surface area contributed by atoms with Crippen LogP contribution in [0.5, 0.6) is 11.5 Å². The second-order valence-electron chi connectivity index (χ2n) is 9.34. The number of fused-ring (bicyclic) bond motifs is 2. The summed E-state index contributed by atoms with van der Waals surface area (Å²) in [4.78, 5) is 27.1. The maximum absolute atomic E-state index is 13.4. The second-order valence-corrected chi connectivity index (χ2v) is 9.34. The lowest BCUT2D eigenvalue weighted by atomic mass is 10.0. The average Bonchev–Trinajstić information content (AvgIpc) is 3.45. The third kappa shape index (κ3) is 4.99. The number of hydrogen-bond acceptors (Lipinski definition) is 8. The molecule has 0 radical (unpaired) electrons. The SMILES string of the molecule is N#C[C@@H](C(=O)NCc1ccc2c(c1)OCO2)c1nc2ccccc2nc1N1CCN(c2ccc(F)cc2)CC1. The van der Waals surface area contributed by atoms with Gasteiger partial charge in [-0.15, -0.1) is 0 Å². The number of nitrogens with one attached hydrogen (secondary N) is 1. The van der Waals surface area contributed by atoms with Crippen LogP contribution in [0.1, 0.15) is 17.2 Å². The molecule has 1 fully saturated rings. The van der Waals surface area contributed by atoms with Crippen LogP contribution in [0.4, 0.5) is 15.9 Å². The van der Waals surface area contributed by atoms with Gasteiger partial charge in [-0.3, -0.25) is 4.79 Å². The van der Waals surface area contributed by atoms with Crippen molar-refractivity contribution in [1.29, 1.82) is 5.26 Å². The number of hydrogen-bond donors (Lipinski definition) is 1. The minimum atomic E-state index is -1.15. The monoisotopic (exact) mass is 524 g/mol. The number of rotatable bonds is 6. The molecular weight excluding hydrogens is 499 g/mol. The first-order valence-electron chi connectivity index (χ1n) is 12.7. The maximum Gasteiger partial charge on any atom is 0.243 e. The molecule has 2 aliphatic rings. The molecule has 2 aliphatic heterocycles. The number of carbonyl (C=O) groups excluding carboxylic acids is 1. The Bertz CT molecular complexity index is 1560. The lowest BCUT2D eigenvalue weighted by molar-refractivity contribution is -0.121. The van der Waals surface area contributed by atoms with Crippen LogP contribution in [-0.4, -0.2) is 48.8 Å². The zero-order valence-corrected chi connectivity index (χ0v) is 21.0. The number of nitriles is 1. The van der Waals surface area contributed by atoms with Gasteiger partial charge in [-0.05, 0) is 54.1 Å². The molecule has 0 saturated carbocycles. The van der Waals surface area contributed by atoms with Gasteiger partial charge in [-0.25, -0.2) is 14.4 Å². The lowest BCUT2D eigenvalue weighted by Crippen LogP contribution is -2.47. The van der Waals surface area contributed by atoms with Crippen molar-refractivity contribution in [2.24, 2.45) is 0 Å². The fraction of sp³-hybridized carbons (Fsp3) is 0.241. The molecule has 9 nitrogen and oxygen atoms in total. The van der Waals surface area contributed by atoms with Gasteiger partial charge in [0.2, 0.25) is 12.7 Å². The first-order chi connectivity index (χ1) is 19.1. The molecule has 3 heterocycles. The highest BCUT2D eigenvalue weighted by atomic mass is 19.1. The summed E-state index contributed by atoms with van der Waals surface area (Å²) in [6.07, 6.45) is 0. The molecule has 1 amide bonds. The highest BCUT2D eigenvalue weighted by Gasteiger charge is 2.30. The Morgan fingerprint density at radius 1 is 0.949 bits per heavy atom. The van der Waals surface area contributed by atoms with Gasteiger partial charge in [0, 0.05) is 38.4 Å². The summed E-state index contributed by atoms with van der Waals surface area (Å²) in [5.41, 5.74) is 3.40. The Morgan fingerprint density at radius 3 is 2.38 bits per heavy atom. The number of benzene rings is 3. The Hall–Kier alpha value is -4.91. The predicted molar refractivity (Wildman–Crippen MR) is 143 cm³/mol. The first-order valence-corrected chi connectivity index (χ1v) is 12.7. The molecule has 4 aromatic rings. The van der Waals surface area contributed by atoms with Crippen molar-refractivity contribution >= 4 is 28.4 Å². The van der Waals surface area contributed by atoms with Gasteiger partial charge >= 0.3 is 0 Å². The Morgan fingerprint density at radius 2 is 1.64 bits per heavy atom. The number of amides is 1. The minimum Gasteiger partial charge on any atom is -0.454 e. The third-order valence-corrected chi connectivity index (χ3v) is 6.92. The topological polar surface area (TPSA) is 104 Å². The fourth-order valence-electron chi connectivity index (χ4n) is 4.85. The van der Waals surface area contributed by atoms with Crippen LogP contribution in [0.3, 0.4) is 0 Å². The van der Waals surface area contributed by atoms with E-state index in [-0.39, 0.29) is 19.2 Å². The number of aromatic nitrogens is 2. The molecule has 3 aromatic carbocycles. The third-order valence-electron chi connectivity index (χ3n) is 6.92. The summed E-state index contributed by atoms with van der Waals surface area (Å²) >= 11 is 0. The highest BCUT2D eigenvalue weighted by Crippen LogP contribution is 2.33. The lowest BCUT2D eigenvalue weighted by Gasteiger charge is -2.37. The zero-order valence-electron chi connectivity index (χ0n) is 21.0. The number of piperazine rings is 1. The molecule has 0 spiro atoms. The van der Waals surface area contributed by atoms with Gasteiger partial charge in [-0.1, -0.05) is 18.2 Å². The summed E-state index contributed by atoms with van der Waals surface area (Å²) in [5.74, 6) is -0.0612. The van der Waals surface area contributed by atoms with E-state index < -0.39 is 11.8 Å². The molecule has 0 bridgehead atoms. The number of nitrogens with zero attached hydrogens (tertiary/aromatic N) is 5. The van der Waals surface area contributed by atoms with E-state index >= 15 is 0 Å². The minimum absolute atomic E-state index is 0.170. The first kappa shape index (κ1) is 24.4. The highest BCUT2D eigenvalue weighted by molar-refractivity contribution is 5.89. The van der Waals surface area contributed by atoms with E-state index in [1.54, 1.807) is 18.2 Å². The van der Waals surface area contributed by atoms with E-state index in [9.17, 15) is 14.4 Å². The van der Waals surface area contributed by atoms with E-state index in [1.807, 2.05) is 36.4 Å². The molecule has 6 rings (SSSR count). The Labute approximate surface area is 224 Å². The molecule has 1 N–H and O–H groups in total. The average molecular weight is 525 g/mol. The second kappa shape index (κ2) is 10.5. The number of ether oxygens (including phenoxy) is 2. The van der Waals surface area contributed by atoms with E-state index in [2.05, 4.69) is 21.2 Å².